The van der Waals surface area contributed by atoms with Gasteiger partial charge in [-0.15, -0.1) is 0 Å². The Morgan fingerprint density at radius 1 is 1.24 bits per heavy atom. The number of carboxylic acids is 1. The minimum Gasteiger partial charge on any atom is -0.478 e. The molecule has 1 aromatic carbocycles. The number of aromatic carboxylic acids is 1. The van der Waals surface area contributed by atoms with Crippen molar-refractivity contribution in [1.82, 2.24) is 5.32 Å². The van der Waals surface area contributed by atoms with E-state index in [4.69, 9.17) is 5.11 Å². The Hall–Kier alpha value is -1.69. The molecule has 0 saturated carbocycles. The predicted octanol–water partition coefficient (Wildman–Crippen LogP) is 1.07. The molecule has 1 saturated heterocycles. The number of piperazine rings is 1. The number of carboxylic acid groups (broad SMARTS) is 1. The lowest BCUT2D eigenvalue weighted by molar-refractivity contribution is 0.0692. The molecule has 1 aliphatic rings. The van der Waals surface area contributed by atoms with Gasteiger partial charge in [0, 0.05) is 32.2 Å². The molecule has 1 fully saturated rings. The normalized spacial score (nSPS) is 16.0. The van der Waals surface area contributed by atoms with Gasteiger partial charge in [-0.05, 0) is 6.07 Å². The number of anilines is 1. The van der Waals surface area contributed by atoms with Crippen LogP contribution in [0.5, 0.6) is 0 Å². The summed E-state index contributed by atoms with van der Waals surface area (Å²) in [7, 11) is 0. The van der Waals surface area contributed by atoms with Gasteiger partial charge in [-0.2, -0.15) is 0 Å². The van der Waals surface area contributed by atoms with E-state index in [9.17, 15) is 13.6 Å². The van der Waals surface area contributed by atoms with Crippen LogP contribution in [0.1, 0.15) is 10.4 Å². The largest absolute Gasteiger partial charge is 0.478 e. The molecule has 2 rings (SSSR count). The molecule has 2 N–H and O–H groups in total. The summed E-state index contributed by atoms with van der Waals surface area (Å²) >= 11 is 0. The second-order valence-corrected chi connectivity index (χ2v) is 3.83. The molecule has 92 valence electrons. The summed E-state index contributed by atoms with van der Waals surface area (Å²) in [6.07, 6.45) is 0. The van der Waals surface area contributed by atoms with E-state index in [2.05, 4.69) is 5.32 Å². The molecule has 0 radical (unpaired) electrons. The van der Waals surface area contributed by atoms with E-state index in [0.717, 1.165) is 6.07 Å². The highest BCUT2D eigenvalue weighted by Gasteiger charge is 2.20. The molecule has 0 unspecified atom stereocenters. The maximum Gasteiger partial charge on any atom is 0.338 e. The minimum absolute atomic E-state index is 0.144. The molecule has 17 heavy (non-hydrogen) atoms. The van der Waals surface area contributed by atoms with Crippen LogP contribution in [0.4, 0.5) is 14.5 Å². The van der Waals surface area contributed by atoms with Crippen molar-refractivity contribution in [3.63, 3.8) is 0 Å². The summed E-state index contributed by atoms with van der Waals surface area (Å²) in [5.41, 5.74) is -0.356. The molecule has 0 aromatic heterocycles. The summed E-state index contributed by atoms with van der Waals surface area (Å²) in [5.74, 6) is -3.16. The van der Waals surface area contributed by atoms with Crippen LogP contribution in [0, 0.1) is 11.6 Å². The number of benzene rings is 1. The second-order valence-electron chi connectivity index (χ2n) is 3.83. The summed E-state index contributed by atoms with van der Waals surface area (Å²) in [6.45, 7) is 2.53. The van der Waals surface area contributed by atoms with Crippen molar-refractivity contribution >= 4 is 11.7 Å². The maximum absolute atomic E-state index is 13.6. The van der Waals surface area contributed by atoms with Crippen molar-refractivity contribution in [2.24, 2.45) is 0 Å². The number of hydrogen-bond acceptors (Lipinski definition) is 3. The van der Waals surface area contributed by atoms with Crippen LogP contribution in [0.3, 0.4) is 0 Å². The molecule has 1 aromatic rings. The van der Waals surface area contributed by atoms with Crippen molar-refractivity contribution in [3.05, 3.63) is 29.3 Å². The first-order valence-corrected chi connectivity index (χ1v) is 5.27. The monoisotopic (exact) mass is 242 g/mol. The number of nitrogens with one attached hydrogen (secondary N) is 1. The minimum atomic E-state index is -1.39. The van der Waals surface area contributed by atoms with Gasteiger partial charge in [0.1, 0.15) is 11.6 Å². The van der Waals surface area contributed by atoms with Crippen molar-refractivity contribution in [3.8, 4) is 0 Å². The van der Waals surface area contributed by atoms with Crippen molar-refractivity contribution in [2.75, 3.05) is 31.1 Å². The van der Waals surface area contributed by atoms with E-state index < -0.39 is 23.2 Å². The highest BCUT2D eigenvalue weighted by atomic mass is 19.1. The molecule has 0 aliphatic carbocycles. The zero-order valence-electron chi connectivity index (χ0n) is 9.04. The van der Waals surface area contributed by atoms with E-state index in [1.807, 2.05) is 0 Å². The van der Waals surface area contributed by atoms with Crippen LogP contribution in [-0.2, 0) is 0 Å². The van der Waals surface area contributed by atoms with Crippen LogP contribution in [0.25, 0.3) is 0 Å². The molecule has 0 bridgehead atoms. The highest BCUT2D eigenvalue weighted by Crippen LogP contribution is 2.23. The van der Waals surface area contributed by atoms with Crippen LogP contribution in [0.15, 0.2) is 12.1 Å². The fraction of sp³-hybridized carbons (Fsp3) is 0.364. The fourth-order valence-electron chi connectivity index (χ4n) is 1.85. The smallest absolute Gasteiger partial charge is 0.338 e. The summed E-state index contributed by atoms with van der Waals surface area (Å²) < 4.78 is 26.8. The number of rotatable bonds is 2. The number of carbonyl (C=O) groups is 1. The van der Waals surface area contributed by atoms with E-state index >= 15 is 0 Å². The van der Waals surface area contributed by atoms with Gasteiger partial charge in [0.25, 0.3) is 0 Å². The Bertz CT molecular complexity index is 445. The molecule has 1 aliphatic heterocycles. The van der Waals surface area contributed by atoms with Crippen molar-refractivity contribution in [1.29, 1.82) is 0 Å². The Morgan fingerprint density at radius 3 is 2.47 bits per heavy atom. The Balaban J connectivity index is 2.38. The molecule has 0 amide bonds. The topological polar surface area (TPSA) is 52.6 Å². The van der Waals surface area contributed by atoms with Gasteiger partial charge in [-0.25, -0.2) is 13.6 Å². The third-order valence-electron chi connectivity index (χ3n) is 2.72. The quantitative estimate of drug-likeness (QED) is 0.814. The SMILES string of the molecule is O=C(O)c1cc(N2CCNCC2)c(F)cc1F. The van der Waals surface area contributed by atoms with Gasteiger partial charge in [-0.1, -0.05) is 0 Å². The number of nitrogens with zero attached hydrogens (tertiary/aromatic N) is 1. The lowest BCUT2D eigenvalue weighted by Crippen LogP contribution is -2.44. The maximum atomic E-state index is 13.6. The predicted molar refractivity (Wildman–Crippen MR) is 58.4 cm³/mol. The molecular weight excluding hydrogens is 230 g/mol. The van der Waals surface area contributed by atoms with Gasteiger partial charge < -0.3 is 15.3 Å². The van der Waals surface area contributed by atoms with Crippen LogP contribution < -0.4 is 10.2 Å². The molecule has 0 spiro atoms. The molecule has 0 atom stereocenters. The number of halogens is 2. The first kappa shape index (κ1) is 11.8. The van der Waals surface area contributed by atoms with Gasteiger partial charge in [0.2, 0.25) is 0 Å². The lowest BCUT2D eigenvalue weighted by Gasteiger charge is -2.29. The van der Waals surface area contributed by atoms with E-state index in [-0.39, 0.29) is 5.69 Å². The second kappa shape index (κ2) is 4.67. The summed E-state index contributed by atoms with van der Waals surface area (Å²) in [4.78, 5) is 12.5. The van der Waals surface area contributed by atoms with Gasteiger partial charge >= 0.3 is 5.97 Å². The zero-order valence-corrected chi connectivity index (χ0v) is 9.04. The van der Waals surface area contributed by atoms with Gasteiger partial charge in [0.15, 0.2) is 0 Å². The Kier molecular flexibility index (Phi) is 3.23. The zero-order chi connectivity index (χ0) is 12.4. The molecule has 4 nitrogen and oxygen atoms in total. The Morgan fingerprint density at radius 2 is 1.88 bits per heavy atom. The third-order valence-corrected chi connectivity index (χ3v) is 2.72. The third kappa shape index (κ3) is 2.36. The average Bonchev–Trinajstić information content (AvgIpc) is 2.29. The van der Waals surface area contributed by atoms with Crippen molar-refractivity contribution in [2.45, 2.75) is 0 Å². The standard InChI is InChI=1S/C11H12F2N2O2/c12-8-6-9(13)10(5-7(8)11(16)17)15-3-1-14-2-4-15/h5-6,14H,1-4H2,(H,16,17). The molecule has 1 heterocycles. The number of hydrogen-bond donors (Lipinski definition) is 2. The highest BCUT2D eigenvalue weighted by molar-refractivity contribution is 5.89. The van der Waals surface area contributed by atoms with E-state index in [1.165, 1.54) is 0 Å². The van der Waals surface area contributed by atoms with E-state index in [0.29, 0.717) is 32.2 Å². The fourth-order valence-corrected chi connectivity index (χ4v) is 1.85. The van der Waals surface area contributed by atoms with Gasteiger partial charge in [-0.3, -0.25) is 0 Å². The van der Waals surface area contributed by atoms with Crippen molar-refractivity contribution < 1.29 is 18.7 Å². The summed E-state index contributed by atoms with van der Waals surface area (Å²) in [5, 5.41) is 11.9. The van der Waals surface area contributed by atoms with Crippen LogP contribution >= 0.6 is 0 Å². The first-order chi connectivity index (χ1) is 8.09. The average molecular weight is 242 g/mol. The van der Waals surface area contributed by atoms with Gasteiger partial charge in [0.05, 0.1) is 11.3 Å². The van der Waals surface area contributed by atoms with Crippen LogP contribution in [-0.4, -0.2) is 37.3 Å². The molecule has 6 heteroatoms. The van der Waals surface area contributed by atoms with E-state index in [1.54, 1.807) is 4.90 Å². The lowest BCUT2D eigenvalue weighted by atomic mass is 10.1. The summed E-state index contributed by atoms with van der Waals surface area (Å²) in [6, 6.07) is 1.68. The van der Waals surface area contributed by atoms with Crippen LogP contribution in [0.2, 0.25) is 0 Å². The Labute approximate surface area is 96.8 Å². The first-order valence-electron chi connectivity index (χ1n) is 5.27. The molecular formula is C11H12F2N2O2.